The van der Waals surface area contributed by atoms with E-state index < -0.39 is 0 Å². The first kappa shape index (κ1) is 15.0. The van der Waals surface area contributed by atoms with E-state index in [4.69, 9.17) is 0 Å². The summed E-state index contributed by atoms with van der Waals surface area (Å²) in [5.74, 6) is 0. The second kappa shape index (κ2) is 6.77. The van der Waals surface area contributed by atoms with Gasteiger partial charge in [-0.2, -0.15) is 0 Å². The summed E-state index contributed by atoms with van der Waals surface area (Å²) in [4.78, 5) is 11.4. The fourth-order valence-corrected chi connectivity index (χ4v) is 2.42. The molecular formula is C16H27NO. The van der Waals surface area contributed by atoms with Gasteiger partial charge in [0.15, 0.2) is 0 Å². The summed E-state index contributed by atoms with van der Waals surface area (Å²) in [7, 11) is 1.83. The van der Waals surface area contributed by atoms with Crippen molar-refractivity contribution in [3.8, 4) is 0 Å². The lowest BCUT2D eigenvalue weighted by atomic mass is 9.76. The SMILES string of the molecule is CCCCCCC(C)(CC)c1ccc(=O)n(C)c1. The lowest BCUT2D eigenvalue weighted by Crippen LogP contribution is -2.25. The molecule has 0 saturated carbocycles. The van der Waals surface area contributed by atoms with Crippen LogP contribution in [0.3, 0.4) is 0 Å². The van der Waals surface area contributed by atoms with Crippen molar-refractivity contribution < 1.29 is 0 Å². The molecule has 0 saturated heterocycles. The number of aryl methyl sites for hydroxylation is 1. The third kappa shape index (κ3) is 3.72. The van der Waals surface area contributed by atoms with Gasteiger partial charge in [0.25, 0.3) is 0 Å². The van der Waals surface area contributed by atoms with E-state index in [0.717, 1.165) is 6.42 Å². The van der Waals surface area contributed by atoms with Crippen LogP contribution in [0, 0.1) is 0 Å². The van der Waals surface area contributed by atoms with Gasteiger partial charge < -0.3 is 4.57 Å². The molecule has 1 aromatic rings. The van der Waals surface area contributed by atoms with Gasteiger partial charge in [-0.05, 0) is 23.8 Å². The van der Waals surface area contributed by atoms with Gasteiger partial charge in [0.1, 0.15) is 0 Å². The van der Waals surface area contributed by atoms with E-state index in [0.29, 0.717) is 0 Å². The summed E-state index contributed by atoms with van der Waals surface area (Å²) < 4.78 is 1.69. The molecule has 0 radical (unpaired) electrons. The Morgan fingerprint density at radius 1 is 1.17 bits per heavy atom. The molecule has 0 aliphatic rings. The van der Waals surface area contributed by atoms with Crippen molar-refractivity contribution in [3.63, 3.8) is 0 Å². The van der Waals surface area contributed by atoms with E-state index in [2.05, 4.69) is 20.8 Å². The van der Waals surface area contributed by atoms with Crippen molar-refractivity contribution in [3.05, 3.63) is 34.2 Å². The predicted molar refractivity (Wildman–Crippen MR) is 78.1 cm³/mol. The monoisotopic (exact) mass is 249 g/mol. The Morgan fingerprint density at radius 2 is 1.89 bits per heavy atom. The molecule has 0 N–H and O–H groups in total. The lowest BCUT2D eigenvalue weighted by Gasteiger charge is -2.29. The Kier molecular flexibility index (Phi) is 5.64. The minimum absolute atomic E-state index is 0.0724. The van der Waals surface area contributed by atoms with Gasteiger partial charge in [0.2, 0.25) is 5.56 Å². The van der Waals surface area contributed by atoms with Crippen molar-refractivity contribution in [2.75, 3.05) is 0 Å². The van der Waals surface area contributed by atoms with Crippen molar-refractivity contribution in [1.82, 2.24) is 4.57 Å². The molecular weight excluding hydrogens is 222 g/mol. The molecule has 102 valence electrons. The highest BCUT2D eigenvalue weighted by Gasteiger charge is 2.24. The Hall–Kier alpha value is -1.05. The molecule has 2 heteroatoms. The fourth-order valence-electron chi connectivity index (χ4n) is 2.42. The van der Waals surface area contributed by atoms with Gasteiger partial charge in [-0.3, -0.25) is 4.79 Å². The second-order valence-corrected chi connectivity index (χ2v) is 5.59. The number of pyridine rings is 1. The van der Waals surface area contributed by atoms with Crippen LogP contribution in [0.4, 0.5) is 0 Å². The van der Waals surface area contributed by atoms with Crippen LogP contribution < -0.4 is 5.56 Å². The first-order chi connectivity index (χ1) is 8.53. The molecule has 0 fully saturated rings. The normalized spacial score (nSPS) is 14.4. The van der Waals surface area contributed by atoms with Crippen molar-refractivity contribution in [1.29, 1.82) is 0 Å². The number of hydrogen-bond acceptors (Lipinski definition) is 1. The Labute approximate surface area is 111 Å². The highest BCUT2D eigenvalue weighted by Crippen LogP contribution is 2.32. The number of rotatable bonds is 7. The molecule has 0 aromatic carbocycles. The third-order valence-corrected chi connectivity index (χ3v) is 4.15. The van der Waals surface area contributed by atoms with E-state index in [9.17, 15) is 4.79 Å². The third-order valence-electron chi connectivity index (χ3n) is 4.15. The van der Waals surface area contributed by atoms with E-state index in [1.807, 2.05) is 19.3 Å². The van der Waals surface area contributed by atoms with Gasteiger partial charge in [0, 0.05) is 19.3 Å². The second-order valence-electron chi connectivity index (χ2n) is 5.59. The standard InChI is InChI=1S/C16H27NO/c1-5-7-8-9-12-16(3,6-2)14-10-11-15(18)17(4)13-14/h10-11,13H,5-9,12H2,1-4H3. The van der Waals surface area contributed by atoms with Crippen LogP contribution in [-0.4, -0.2) is 4.57 Å². The van der Waals surface area contributed by atoms with Gasteiger partial charge >= 0.3 is 0 Å². The minimum Gasteiger partial charge on any atom is -0.318 e. The molecule has 2 nitrogen and oxygen atoms in total. The maximum absolute atomic E-state index is 11.4. The van der Waals surface area contributed by atoms with Crippen LogP contribution in [0.1, 0.15) is 64.9 Å². The van der Waals surface area contributed by atoms with Crippen molar-refractivity contribution >= 4 is 0 Å². The van der Waals surface area contributed by atoms with Gasteiger partial charge in [-0.1, -0.05) is 52.5 Å². The van der Waals surface area contributed by atoms with E-state index in [1.165, 1.54) is 37.7 Å². The van der Waals surface area contributed by atoms with Gasteiger partial charge in [-0.15, -0.1) is 0 Å². The zero-order valence-corrected chi connectivity index (χ0v) is 12.3. The molecule has 0 aliphatic heterocycles. The van der Waals surface area contributed by atoms with Gasteiger partial charge in [0.05, 0.1) is 0 Å². The van der Waals surface area contributed by atoms with E-state index >= 15 is 0 Å². The van der Waals surface area contributed by atoms with Crippen LogP contribution in [0.2, 0.25) is 0 Å². The number of hydrogen-bond donors (Lipinski definition) is 0. The first-order valence-electron chi connectivity index (χ1n) is 7.20. The highest BCUT2D eigenvalue weighted by atomic mass is 16.1. The van der Waals surface area contributed by atoms with Crippen LogP contribution in [0.5, 0.6) is 0 Å². The maximum atomic E-state index is 11.4. The number of unbranched alkanes of at least 4 members (excludes halogenated alkanes) is 3. The lowest BCUT2D eigenvalue weighted by molar-refractivity contribution is 0.393. The first-order valence-corrected chi connectivity index (χ1v) is 7.20. The molecule has 1 rings (SSSR count). The molecule has 1 unspecified atom stereocenters. The summed E-state index contributed by atoms with van der Waals surface area (Å²) in [6.07, 6.45) is 9.54. The zero-order valence-electron chi connectivity index (χ0n) is 12.3. The highest BCUT2D eigenvalue weighted by molar-refractivity contribution is 5.21. The van der Waals surface area contributed by atoms with Crippen molar-refractivity contribution in [2.45, 2.75) is 64.7 Å². The number of nitrogens with zero attached hydrogens (tertiary/aromatic N) is 1. The fraction of sp³-hybridized carbons (Fsp3) is 0.688. The summed E-state index contributed by atoms with van der Waals surface area (Å²) >= 11 is 0. The summed E-state index contributed by atoms with van der Waals surface area (Å²) in [6.45, 7) is 6.80. The average Bonchev–Trinajstić information content (AvgIpc) is 2.37. The van der Waals surface area contributed by atoms with Crippen LogP contribution in [0.25, 0.3) is 0 Å². The van der Waals surface area contributed by atoms with Crippen LogP contribution in [-0.2, 0) is 12.5 Å². The van der Waals surface area contributed by atoms with Crippen LogP contribution >= 0.6 is 0 Å². The summed E-state index contributed by atoms with van der Waals surface area (Å²) in [5.41, 5.74) is 1.57. The topological polar surface area (TPSA) is 22.0 Å². The molecule has 0 spiro atoms. The Morgan fingerprint density at radius 3 is 2.44 bits per heavy atom. The Bertz CT molecular complexity index is 421. The number of aromatic nitrogens is 1. The largest absolute Gasteiger partial charge is 0.318 e. The molecule has 1 heterocycles. The summed E-state index contributed by atoms with van der Waals surface area (Å²) in [5, 5.41) is 0. The molecule has 0 aliphatic carbocycles. The Balaban J connectivity index is 2.79. The molecule has 0 bridgehead atoms. The minimum atomic E-state index is 0.0724. The smallest absolute Gasteiger partial charge is 0.250 e. The predicted octanol–water partition coefficient (Wildman–Crippen LogP) is 4.02. The maximum Gasteiger partial charge on any atom is 0.250 e. The zero-order chi connectivity index (χ0) is 13.6. The molecule has 1 atom stereocenters. The molecule has 0 amide bonds. The summed E-state index contributed by atoms with van der Waals surface area (Å²) in [6, 6.07) is 3.70. The molecule has 18 heavy (non-hydrogen) atoms. The average molecular weight is 249 g/mol. The van der Waals surface area contributed by atoms with Crippen molar-refractivity contribution in [2.24, 2.45) is 7.05 Å². The van der Waals surface area contributed by atoms with Gasteiger partial charge in [-0.25, -0.2) is 0 Å². The van der Waals surface area contributed by atoms with E-state index in [-0.39, 0.29) is 11.0 Å². The quantitative estimate of drug-likeness (QED) is 0.669. The van der Waals surface area contributed by atoms with E-state index in [1.54, 1.807) is 10.6 Å². The van der Waals surface area contributed by atoms with Crippen LogP contribution in [0.15, 0.2) is 23.1 Å². The molecule has 1 aromatic heterocycles.